The molecule has 0 bridgehead atoms. The lowest BCUT2D eigenvalue weighted by Gasteiger charge is -2.08. The highest BCUT2D eigenvalue weighted by atomic mass is 16.5. The molecule has 0 saturated carbocycles. The van der Waals surface area contributed by atoms with Gasteiger partial charge >= 0.3 is 0 Å². The van der Waals surface area contributed by atoms with Crippen molar-refractivity contribution >= 4 is 5.91 Å². The van der Waals surface area contributed by atoms with Gasteiger partial charge in [-0.25, -0.2) is 0 Å². The molecular weight excluding hydrogens is 202 g/mol. The molecule has 0 aliphatic heterocycles. The van der Waals surface area contributed by atoms with E-state index in [1.807, 2.05) is 30.3 Å². The molecule has 0 radical (unpaired) electrons. The maximum Gasteiger partial charge on any atom is 0.257 e. The third-order valence-corrected chi connectivity index (χ3v) is 2.16. The highest BCUT2D eigenvalue weighted by Gasteiger charge is 2.02. The molecule has 0 unspecified atom stereocenters. The molecule has 1 amide bonds. The summed E-state index contributed by atoms with van der Waals surface area (Å²) >= 11 is 0. The number of amides is 1. The number of benzene rings is 1. The first-order chi connectivity index (χ1) is 7.68. The van der Waals surface area contributed by atoms with Gasteiger partial charge in [-0.05, 0) is 24.5 Å². The van der Waals surface area contributed by atoms with Gasteiger partial charge in [-0.2, -0.15) is 0 Å². The van der Waals surface area contributed by atoms with Gasteiger partial charge in [-0.15, -0.1) is 0 Å². The molecule has 0 heterocycles. The Morgan fingerprint density at radius 2 is 2.00 bits per heavy atom. The predicted octanol–water partition coefficient (Wildman–Crippen LogP) is 2.23. The van der Waals surface area contributed by atoms with Crippen molar-refractivity contribution in [1.82, 2.24) is 5.32 Å². The second kappa shape index (κ2) is 6.88. The smallest absolute Gasteiger partial charge is 0.257 e. The minimum Gasteiger partial charge on any atom is -0.484 e. The molecule has 1 aromatic rings. The van der Waals surface area contributed by atoms with Crippen LogP contribution in [0, 0.1) is 5.92 Å². The van der Waals surface area contributed by atoms with Gasteiger partial charge in [0.2, 0.25) is 0 Å². The maximum atomic E-state index is 11.4. The molecular formula is C13H19NO2. The Labute approximate surface area is 96.8 Å². The highest BCUT2D eigenvalue weighted by molar-refractivity contribution is 5.77. The van der Waals surface area contributed by atoms with E-state index < -0.39 is 0 Å². The van der Waals surface area contributed by atoms with Crippen LogP contribution in [0.2, 0.25) is 0 Å². The van der Waals surface area contributed by atoms with Crippen molar-refractivity contribution in [2.45, 2.75) is 20.3 Å². The van der Waals surface area contributed by atoms with Crippen molar-refractivity contribution in [3.05, 3.63) is 30.3 Å². The second-order valence-electron chi connectivity index (χ2n) is 4.13. The summed E-state index contributed by atoms with van der Waals surface area (Å²) in [6.45, 7) is 5.07. The topological polar surface area (TPSA) is 38.3 Å². The number of nitrogens with one attached hydrogen (secondary N) is 1. The summed E-state index contributed by atoms with van der Waals surface area (Å²) in [6.07, 6.45) is 0.997. The van der Waals surface area contributed by atoms with Crippen LogP contribution in [-0.2, 0) is 4.79 Å². The Hall–Kier alpha value is -1.51. The van der Waals surface area contributed by atoms with E-state index in [0.29, 0.717) is 12.5 Å². The number of rotatable bonds is 6. The first-order valence-corrected chi connectivity index (χ1v) is 5.63. The molecule has 1 N–H and O–H groups in total. The third-order valence-electron chi connectivity index (χ3n) is 2.16. The Kier molecular flexibility index (Phi) is 5.40. The van der Waals surface area contributed by atoms with Gasteiger partial charge in [0.25, 0.3) is 5.91 Å². The van der Waals surface area contributed by atoms with Crippen LogP contribution in [-0.4, -0.2) is 19.1 Å². The summed E-state index contributed by atoms with van der Waals surface area (Å²) in [5.74, 6) is 1.27. The molecule has 3 heteroatoms. The van der Waals surface area contributed by atoms with Crippen LogP contribution in [0.25, 0.3) is 0 Å². The monoisotopic (exact) mass is 221 g/mol. The predicted molar refractivity (Wildman–Crippen MR) is 64.4 cm³/mol. The largest absolute Gasteiger partial charge is 0.484 e. The first-order valence-electron chi connectivity index (χ1n) is 5.63. The third kappa shape index (κ3) is 5.39. The van der Waals surface area contributed by atoms with E-state index in [1.54, 1.807) is 0 Å². The van der Waals surface area contributed by atoms with E-state index in [1.165, 1.54) is 0 Å². The van der Waals surface area contributed by atoms with E-state index in [0.717, 1.165) is 12.2 Å². The van der Waals surface area contributed by atoms with Crippen LogP contribution >= 0.6 is 0 Å². The number of hydrogen-bond donors (Lipinski definition) is 1. The van der Waals surface area contributed by atoms with Crippen molar-refractivity contribution in [3.8, 4) is 5.75 Å². The Bertz CT molecular complexity index is 309. The van der Waals surface area contributed by atoms with Gasteiger partial charge in [-0.1, -0.05) is 32.0 Å². The molecule has 0 aliphatic rings. The molecule has 0 atom stereocenters. The Morgan fingerprint density at radius 3 is 2.62 bits per heavy atom. The van der Waals surface area contributed by atoms with Gasteiger partial charge in [0.05, 0.1) is 0 Å². The number of carbonyl (C=O) groups excluding carboxylic acids is 1. The Morgan fingerprint density at radius 1 is 1.31 bits per heavy atom. The van der Waals surface area contributed by atoms with Gasteiger partial charge in [0, 0.05) is 6.54 Å². The lowest BCUT2D eigenvalue weighted by Crippen LogP contribution is -2.30. The van der Waals surface area contributed by atoms with Gasteiger partial charge < -0.3 is 10.1 Å². The van der Waals surface area contributed by atoms with Crippen LogP contribution in [0.3, 0.4) is 0 Å². The zero-order chi connectivity index (χ0) is 11.8. The summed E-state index contributed by atoms with van der Waals surface area (Å²) in [6, 6.07) is 9.34. The summed E-state index contributed by atoms with van der Waals surface area (Å²) in [7, 11) is 0. The van der Waals surface area contributed by atoms with E-state index in [-0.39, 0.29) is 12.5 Å². The SMILES string of the molecule is CC(C)CCNC(=O)COc1ccccc1. The molecule has 0 spiro atoms. The Balaban J connectivity index is 2.16. The number of carbonyl (C=O) groups is 1. The van der Waals surface area contributed by atoms with Crippen molar-refractivity contribution < 1.29 is 9.53 Å². The number of hydrogen-bond acceptors (Lipinski definition) is 2. The highest BCUT2D eigenvalue weighted by Crippen LogP contribution is 2.07. The minimum absolute atomic E-state index is 0.0653. The summed E-state index contributed by atoms with van der Waals surface area (Å²) in [5, 5.41) is 2.82. The molecule has 1 aromatic carbocycles. The van der Waals surface area contributed by atoms with Crippen molar-refractivity contribution in [2.24, 2.45) is 5.92 Å². The normalized spacial score (nSPS) is 10.2. The average Bonchev–Trinajstić information content (AvgIpc) is 2.27. The van der Waals surface area contributed by atoms with Crippen molar-refractivity contribution in [1.29, 1.82) is 0 Å². The van der Waals surface area contributed by atoms with E-state index in [9.17, 15) is 4.79 Å². The lowest BCUT2D eigenvalue weighted by atomic mass is 10.1. The van der Waals surface area contributed by atoms with Gasteiger partial charge in [0.15, 0.2) is 6.61 Å². The summed E-state index contributed by atoms with van der Waals surface area (Å²) in [4.78, 5) is 11.4. The summed E-state index contributed by atoms with van der Waals surface area (Å²) < 4.78 is 5.31. The zero-order valence-electron chi connectivity index (χ0n) is 9.90. The number of para-hydroxylation sites is 1. The van der Waals surface area contributed by atoms with Crippen molar-refractivity contribution in [2.75, 3.05) is 13.2 Å². The molecule has 0 aliphatic carbocycles. The van der Waals surface area contributed by atoms with Gasteiger partial charge in [-0.3, -0.25) is 4.79 Å². The molecule has 88 valence electrons. The molecule has 1 rings (SSSR count). The van der Waals surface area contributed by atoms with Crippen LogP contribution in [0.4, 0.5) is 0 Å². The lowest BCUT2D eigenvalue weighted by molar-refractivity contribution is -0.123. The van der Waals surface area contributed by atoms with E-state index in [2.05, 4.69) is 19.2 Å². The number of ether oxygens (including phenoxy) is 1. The molecule has 0 saturated heterocycles. The van der Waals surface area contributed by atoms with E-state index in [4.69, 9.17) is 4.74 Å². The summed E-state index contributed by atoms with van der Waals surface area (Å²) in [5.41, 5.74) is 0. The minimum atomic E-state index is -0.0653. The van der Waals surface area contributed by atoms with Crippen LogP contribution in [0.5, 0.6) is 5.75 Å². The molecule has 0 fully saturated rings. The maximum absolute atomic E-state index is 11.4. The van der Waals surface area contributed by atoms with Crippen LogP contribution < -0.4 is 10.1 Å². The van der Waals surface area contributed by atoms with Crippen LogP contribution in [0.15, 0.2) is 30.3 Å². The standard InChI is InChI=1S/C13H19NO2/c1-11(2)8-9-14-13(15)10-16-12-6-4-3-5-7-12/h3-7,11H,8-10H2,1-2H3,(H,14,15). The quantitative estimate of drug-likeness (QED) is 0.800. The van der Waals surface area contributed by atoms with Crippen molar-refractivity contribution in [3.63, 3.8) is 0 Å². The van der Waals surface area contributed by atoms with Crippen LogP contribution in [0.1, 0.15) is 20.3 Å². The first kappa shape index (κ1) is 12.6. The van der Waals surface area contributed by atoms with E-state index >= 15 is 0 Å². The fraction of sp³-hybridized carbons (Fsp3) is 0.462. The average molecular weight is 221 g/mol. The fourth-order valence-electron chi connectivity index (χ4n) is 1.22. The molecule has 3 nitrogen and oxygen atoms in total. The fourth-order valence-corrected chi connectivity index (χ4v) is 1.22. The molecule has 0 aromatic heterocycles. The van der Waals surface area contributed by atoms with Gasteiger partial charge in [0.1, 0.15) is 5.75 Å². The zero-order valence-corrected chi connectivity index (χ0v) is 9.90. The molecule has 16 heavy (non-hydrogen) atoms. The second-order valence-corrected chi connectivity index (χ2v) is 4.13.